The van der Waals surface area contributed by atoms with Crippen LogP contribution >= 0.6 is 0 Å². The third kappa shape index (κ3) is 2.95. The van der Waals surface area contributed by atoms with Crippen molar-refractivity contribution < 1.29 is 4.74 Å². The molecular weight excluding hydrogens is 300 g/mol. The maximum atomic E-state index is 5.62. The van der Waals surface area contributed by atoms with Crippen LogP contribution in [-0.4, -0.2) is 36.2 Å². The molecule has 0 unspecified atom stereocenters. The van der Waals surface area contributed by atoms with Crippen molar-refractivity contribution in [3.05, 3.63) is 42.7 Å². The minimum Gasteiger partial charge on any atom is -0.496 e. The van der Waals surface area contributed by atoms with Crippen molar-refractivity contribution in [1.82, 2.24) is 15.3 Å². The number of hydrogen-bond donors (Lipinski definition) is 3. The predicted molar refractivity (Wildman–Crippen MR) is 97.6 cm³/mol. The fourth-order valence-corrected chi connectivity index (χ4v) is 3.29. The highest BCUT2D eigenvalue weighted by Gasteiger charge is 2.14. The van der Waals surface area contributed by atoms with Gasteiger partial charge >= 0.3 is 0 Å². The van der Waals surface area contributed by atoms with E-state index in [9.17, 15) is 0 Å². The Morgan fingerprint density at radius 2 is 2.04 bits per heavy atom. The lowest BCUT2D eigenvalue weighted by Crippen LogP contribution is -2.35. The number of pyridine rings is 1. The second-order valence-electron chi connectivity index (χ2n) is 6.22. The van der Waals surface area contributed by atoms with Gasteiger partial charge in [0, 0.05) is 46.7 Å². The molecule has 0 saturated carbocycles. The third-order valence-corrected chi connectivity index (χ3v) is 4.62. The molecule has 0 atom stereocenters. The highest BCUT2D eigenvalue weighted by molar-refractivity contribution is 5.83. The summed E-state index contributed by atoms with van der Waals surface area (Å²) in [6.45, 7) is 2.15. The molecule has 0 bridgehead atoms. The number of nitrogens with one attached hydrogen (secondary N) is 3. The van der Waals surface area contributed by atoms with E-state index in [2.05, 4.69) is 44.9 Å². The number of aromatic nitrogens is 2. The van der Waals surface area contributed by atoms with E-state index >= 15 is 0 Å². The number of aromatic amines is 1. The molecule has 1 fully saturated rings. The first kappa shape index (κ1) is 15.0. The molecule has 2 aromatic heterocycles. The second kappa shape index (κ2) is 6.53. The standard InChI is InChI=1S/C19H22N4O/c1-24-19-10-15(23-14-5-7-20-8-6-14)2-3-16(19)18-11-17-13(12-22-18)4-9-21-17/h2-4,9-12,14,20-21,23H,5-8H2,1H3. The lowest BCUT2D eigenvalue weighted by Gasteiger charge is -2.25. The van der Waals surface area contributed by atoms with Gasteiger partial charge in [-0.2, -0.15) is 0 Å². The van der Waals surface area contributed by atoms with Crippen LogP contribution in [0.2, 0.25) is 0 Å². The Morgan fingerprint density at radius 3 is 2.88 bits per heavy atom. The Labute approximate surface area is 141 Å². The van der Waals surface area contributed by atoms with Crippen molar-refractivity contribution in [2.75, 3.05) is 25.5 Å². The Hall–Kier alpha value is -2.53. The summed E-state index contributed by atoms with van der Waals surface area (Å²) < 4.78 is 5.62. The molecule has 0 radical (unpaired) electrons. The van der Waals surface area contributed by atoms with Gasteiger partial charge < -0.3 is 20.4 Å². The van der Waals surface area contributed by atoms with Crippen LogP contribution in [0, 0.1) is 0 Å². The van der Waals surface area contributed by atoms with Crippen molar-refractivity contribution in [2.45, 2.75) is 18.9 Å². The average Bonchev–Trinajstić information content (AvgIpc) is 3.10. The topological polar surface area (TPSA) is 62.0 Å². The number of piperidine rings is 1. The number of ether oxygens (including phenoxy) is 1. The molecule has 24 heavy (non-hydrogen) atoms. The first-order chi connectivity index (χ1) is 11.8. The molecule has 4 rings (SSSR count). The van der Waals surface area contributed by atoms with Crippen LogP contribution in [0.3, 0.4) is 0 Å². The van der Waals surface area contributed by atoms with E-state index in [1.54, 1.807) is 7.11 Å². The average molecular weight is 322 g/mol. The summed E-state index contributed by atoms with van der Waals surface area (Å²) in [6.07, 6.45) is 6.12. The van der Waals surface area contributed by atoms with Gasteiger partial charge in [-0.15, -0.1) is 0 Å². The Kier molecular flexibility index (Phi) is 4.09. The fraction of sp³-hybridized carbons (Fsp3) is 0.316. The highest BCUT2D eigenvalue weighted by Crippen LogP contribution is 2.33. The minimum atomic E-state index is 0.523. The van der Waals surface area contributed by atoms with Gasteiger partial charge in [0.05, 0.1) is 12.8 Å². The molecule has 1 saturated heterocycles. The van der Waals surface area contributed by atoms with Crippen molar-refractivity contribution in [1.29, 1.82) is 0 Å². The third-order valence-electron chi connectivity index (χ3n) is 4.62. The summed E-state index contributed by atoms with van der Waals surface area (Å²) in [7, 11) is 1.71. The van der Waals surface area contributed by atoms with Crippen LogP contribution in [0.5, 0.6) is 5.75 Å². The van der Waals surface area contributed by atoms with Crippen molar-refractivity contribution in [3.8, 4) is 17.0 Å². The zero-order valence-electron chi connectivity index (χ0n) is 13.8. The minimum absolute atomic E-state index is 0.523. The second-order valence-corrected chi connectivity index (χ2v) is 6.22. The van der Waals surface area contributed by atoms with E-state index in [4.69, 9.17) is 4.74 Å². The number of hydrogen-bond acceptors (Lipinski definition) is 4. The van der Waals surface area contributed by atoms with Crippen molar-refractivity contribution in [3.63, 3.8) is 0 Å². The summed E-state index contributed by atoms with van der Waals surface area (Å²) in [5.41, 5.74) is 4.10. The van der Waals surface area contributed by atoms with Gasteiger partial charge in [0.15, 0.2) is 0 Å². The van der Waals surface area contributed by atoms with E-state index < -0.39 is 0 Å². The van der Waals surface area contributed by atoms with Crippen LogP contribution in [0.1, 0.15) is 12.8 Å². The van der Waals surface area contributed by atoms with E-state index in [0.29, 0.717) is 6.04 Å². The maximum absolute atomic E-state index is 5.62. The van der Waals surface area contributed by atoms with Crippen LogP contribution < -0.4 is 15.4 Å². The number of methoxy groups -OCH3 is 1. The molecule has 5 heteroatoms. The monoisotopic (exact) mass is 322 g/mol. The first-order valence-electron chi connectivity index (χ1n) is 8.42. The van der Waals surface area contributed by atoms with Gasteiger partial charge in [0.25, 0.3) is 0 Å². The van der Waals surface area contributed by atoms with Gasteiger partial charge in [-0.3, -0.25) is 4.98 Å². The Balaban J connectivity index is 1.63. The highest BCUT2D eigenvalue weighted by atomic mass is 16.5. The molecule has 0 spiro atoms. The number of benzene rings is 1. The van der Waals surface area contributed by atoms with Crippen LogP contribution in [0.25, 0.3) is 22.2 Å². The summed E-state index contributed by atoms with van der Waals surface area (Å²) in [5, 5.41) is 8.12. The van der Waals surface area contributed by atoms with Crippen molar-refractivity contribution in [2.24, 2.45) is 0 Å². The normalized spacial score (nSPS) is 15.5. The molecule has 1 aliphatic rings. The molecule has 1 aliphatic heterocycles. The van der Waals surface area contributed by atoms with E-state index in [1.807, 2.05) is 18.5 Å². The maximum Gasteiger partial charge on any atom is 0.130 e. The summed E-state index contributed by atoms with van der Waals surface area (Å²) in [6, 6.07) is 10.9. The van der Waals surface area contributed by atoms with Crippen LogP contribution in [-0.2, 0) is 0 Å². The summed E-state index contributed by atoms with van der Waals surface area (Å²) in [4.78, 5) is 7.81. The molecule has 3 N–H and O–H groups in total. The number of fused-ring (bicyclic) bond motifs is 1. The van der Waals surface area contributed by atoms with E-state index in [-0.39, 0.29) is 0 Å². The Morgan fingerprint density at radius 1 is 1.17 bits per heavy atom. The van der Waals surface area contributed by atoms with Crippen LogP contribution in [0.4, 0.5) is 5.69 Å². The molecule has 3 heterocycles. The number of H-pyrrole nitrogens is 1. The summed E-state index contributed by atoms with van der Waals surface area (Å²) >= 11 is 0. The van der Waals surface area contributed by atoms with Gasteiger partial charge in [0.2, 0.25) is 0 Å². The van der Waals surface area contributed by atoms with Gasteiger partial charge in [-0.05, 0) is 50.2 Å². The molecule has 3 aromatic rings. The van der Waals surface area contributed by atoms with E-state index in [0.717, 1.165) is 59.5 Å². The largest absolute Gasteiger partial charge is 0.496 e. The lowest BCUT2D eigenvalue weighted by molar-refractivity contribution is 0.416. The number of rotatable bonds is 4. The zero-order valence-corrected chi connectivity index (χ0v) is 13.8. The van der Waals surface area contributed by atoms with Crippen LogP contribution in [0.15, 0.2) is 42.7 Å². The lowest BCUT2D eigenvalue weighted by atomic mass is 10.0. The SMILES string of the molecule is COc1cc(NC2CCNCC2)ccc1-c1cc2[nH]ccc2cn1. The van der Waals surface area contributed by atoms with Gasteiger partial charge in [-0.1, -0.05) is 0 Å². The Bertz CT molecular complexity index is 836. The fourth-order valence-electron chi connectivity index (χ4n) is 3.29. The van der Waals surface area contributed by atoms with Gasteiger partial charge in [0.1, 0.15) is 5.75 Å². The first-order valence-corrected chi connectivity index (χ1v) is 8.42. The summed E-state index contributed by atoms with van der Waals surface area (Å²) in [5.74, 6) is 0.840. The van der Waals surface area contributed by atoms with E-state index in [1.165, 1.54) is 0 Å². The molecule has 124 valence electrons. The van der Waals surface area contributed by atoms with Crippen molar-refractivity contribution >= 4 is 16.6 Å². The zero-order chi connectivity index (χ0) is 16.4. The smallest absolute Gasteiger partial charge is 0.130 e. The molecular formula is C19H22N4O. The quantitative estimate of drug-likeness (QED) is 0.689. The molecule has 0 amide bonds. The molecule has 5 nitrogen and oxygen atoms in total. The predicted octanol–water partition coefficient (Wildman–Crippen LogP) is 3.40. The molecule has 0 aliphatic carbocycles. The molecule has 1 aromatic carbocycles. The van der Waals surface area contributed by atoms with Gasteiger partial charge in [-0.25, -0.2) is 0 Å². The number of anilines is 1. The number of nitrogens with zero attached hydrogens (tertiary/aromatic N) is 1.